The number of nitrogens with zero attached hydrogens (tertiary/aromatic N) is 6. The summed E-state index contributed by atoms with van der Waals surface area (Å²) in [5.74, 6) is 1.38. The summed E-state index contributed by atoms with van der Waals surface area (Å²) >= 11 is 3.75. The van der Waals surface area contributed by atoms with Gasteiger partial charge in [0.2, 0.25) is 0 Å². The summed E-state index contributed by atoms with van der Waals surface area (Å²) in [6, 6.07) is 153. The molecule has 0 unspecified atom stereocenters. The molecule has 8 heteroatoms. The second-order valence-corrected chi connectivity index (χ2v) is 33.9. The van der Waals surface area contributed by atoms with Crippen LogP contribution in [0, 0.1) is 0 Å². The predicted octanol–water partition coefficient (Wildman–Crippen LogP) is 29.0. The van der Waals surface area contributed by atoms with Gasteiger partial charge >= 0.3 is 0 Å². The Kier molecular flexibility index (Phi) is 16.8. The normalized spacial score (nSPS) is 13.1. The van der Waals surface area contributed by atoms with Gasteiger partial charge in [-0.1, -0.05) is 388 Å². The average Bonchev–Trinajstić information content (AvgIpc) is 1.51. The van der Waals surface area contributed by atoms with Gasteiger partial charge in [-0.3, -0.25) is 0 Å². The van der Waals surface area contributed by atoms with E-state index in [1.807, 2.05) is 72.1 Å². The highest BCUT2D eigenvalue weighted by molar-refractivity contribution is 7.99. The van der Waals surface area contributed by atoms with Gasteiger partial charge in [0, 0.05) is 85.6 Å². The van der Waals surface area contributed by atoms with Crippen LogP contribution in [0.2, 0.25) is 0 Å². The van der Waals surface area contributed by atoms with E-state index >= 15 is 0 Å². The molecule has 0 atom stereocenters. The van der Waals surface area contributed by atoms with Gasteiger partial charge in [0.25, 0.3) is 0 Å². The Morgan fingerprint density at radius 3 is 0.820 bits per heavy atom. The van der Waals surface area contributed by atoms with Gasteiger partial charge in [-0.05, 0) is 149 Å². The molecule has 0 fully saturated rings. The maximum absolute atomic E-state index is 5.56. The number of hydrogen-bond acceptors (Lipinski definition) is 8. The highest BCUT2D eigenvalue weighted by Gasteiger charge is 2.52. The van der Waals surface area contributed by atoms with E-state index in [1.54, 1.807) is 0 Å². The first kappa shape index (κ1) is 71.1. The van der Waals surface area contributed by atoms with Crippen LogP contribution in [0.25, 0.3) is 167 Å². The lowest BCUT2D eigenvalue weighted by Gasteiger charge is -2.40. The molecule has 25 rings (SSSR count). The minimum absolute atomic E-state index is 0.469. The lowest BCUT2D eigenvalue weighted by atomic mass is 9.67. The van der Waals surface area contributed by atoms with Crippen LogP contribution in [0.1, 0.15) is 44.5 Å². The minimum Gasteiger partial charge on any atom is -0.247 e. The highest BCUT2D eigenvalue weighted by atomic mass is 32.2. The number of pyridine rings is 2. The van der Waals surface area contributed by atoms with Gasteiger partial charge in [-0.25, -0.2) is 29.9 Å². The van der Waals surface area contributed by atoms with E-state index in [4.69, 9.17) is 29.9 Å². The Morgan fingerprint density at radius 1 is 0.164 bits per heavy atom. The van der Waals surface area contributed by atoms with Gasteiger partial charge in [0.1, 0.15) is 0 Å². The summed E-state index contributed by atoms with van der Waals surface area (Å²) in [6.45, 7) is 0. The second kappa shape index (κ2) is 28.9. The van der Waals surface area contributed by atoms with Crippen LogP contribution < -0.4 is 0 Å². The first-order chi connectivity index (χ1) is 60.4. The van der Waals surface area contributed by atoms with Crippen molar-refractivity contribution in [2.75, 3.05) is 0 Å². The Bertz CT molecular complexity index is 7650. The molecule has 0 radical (unpaired) electrons. The molecule has 17 aromatic carbocycles. The van der Waals surface area contributed by atoms with Crippen LogP contribution in [0.4, 0.5) is 0 Å². The summed E-state index contributed by atoms with van der Waals surface area (Å²) in [7, 11) is 0. The van der Waals surface area contributed by atoms with E-state index in [2.05, 4.69) is 376 Å². The molecule has 2 aliphatic heterocycles. The first-order valence-corrected chi connectivity index (χ1v) is 43.1. The molecule has 122 heavy (non-hydrogen) atoms. The largest absolute Gasteiger partial charge is 0.247 e. The quantitative estimate of drug-likeness (QED) is 0.132. The molecule has 0 amide bonds. The van der Waals surface area contributed by atoms with E-state index in [9.17, 15) is 0 Å². The van der Waals surface area contributed by atoms with Crippen LogP contribution in [-0.4, -0.2) is 29.9 Å². The Labute approximate surface area is 714 Å². The van der Waals surface area contributed by atoms with Crippen molar-refractivity contribution in [3.8, 4) is 124 Å². The number of rotatable bonds is 9. The van der Waals surface area contributed by atoms with Crippen molar-refractivity contribution in [1.82, 2.24) is 29.9 Å². The molecular weight excluding hydrogens is 1520 g/mol. The molecule has 4 aliphatic rings. The van der Waals surface area contributed by atoms with Gasteiger partial charge < -0.3 is 0 Å². The van der Waals surface area contributed by atoms with Crippen molar-refractivity contribution in [3.05, 3.63) is 469 Å². The Morgan fingerprint density at radius 2 is 0.443 bits per heavy atom. The zero-order valence-corrected chi connectivity index (χ0v) is 67.5. The van der Waals surface area contributed by atoms with Crippen molar-refractivity contribution in [2.45, 2.75) is 30.4 Å². The average molecular weight is 1590 g/mol. The van der Waals surface area contributed by atoms with E-state index in [0.29, 0.717) is 11.6 Å². The van der Waals surface area contributed by atoms with Crippen molar-refractivity contribution >= 4 is 66.9 Å². The standard InChI is InChI=1S/C60H37N3S.C54H33N3S/c1-4-16-38(17-5-1)39-28-30-40(31-29-39)53-37-54(63-59(62-53)42-20-8-3-9-21-42)43-32-33-46-47-35-52-57(36-48(47)58(61-55(46)34-43)41-18-6-2-7-19-41)64-56-27-15-14-26-51(56)60(52)49-24-12-10-22-44(49)45-23-11-13-25-50(45)60;1-4-16-34(17-5-1)47-33-48(57-53(56-47)36-20-8-3-9-21-36)37-28-29-40-41-31-46-51(32-42(41)52(55-49(40)30-37)35-18-6-2-7-19-35)58-50-27-15-14-26-45(50)54(46)43-24-12-10-22-38(43)39-23-11-13-25-44(39)54/h1-37H;1-33H. The van der Waals surface area contributed by atoms with Crippen molar-refractivity contribution in [3.63, 3.8) is 0 Å². The van der Waals surface area contributed by atoms with Gasteiger partial charge in [0.15, 0.2) is 11.6 Å². The zero-order chi connectivity index (χ0) is 80.4. The molecule has 0 N–H and O–H groups in total. The Balaban J connectivity index is 0.000000139. The second-order valence-electron chi connectivity index (χ2n) is 31.7. The lowest BCUT2D eigenvalue weighted by Crippen LogP contribution is -2.32. The molecule has 2 aliphatic carbocycles. The van der Waals surface area contributed by atoms with Crippen molar-refractivity contribution < 1.29 is 0 Å². The summed E-state index contributed by atoms with van der Waals surface area (Å²) in [6.07, 6.45) is 0. The first-order valence-electron chi connectivity index (χ1n) is 41.4. The molecule has 568 valence electrons. The molecule has 21 aromatic rings. The monoisotopic (exact) mass is 1590 g/mol. The summed E-state index contributed by atoms with van der Waals surface area (Å²) in [5.41, 5.74) is 32.6. The zero-order valence-electron chi connectivity index (χ0n) is 65.9. The maximum Gasteiger partial charge on any atom is 0.160 e. The number of benzene rings is 17. The molecule has 0 bridgehead atoms. The van der Waals surface area contributed by atoms with Gasteiger partial charge in [0.05, 0.1) is 56.0 Å². The third-order valence-electron chi connectivity index (χ3n) is 25.1. The summed E-state index contributed by atoms with van der Waals surface area (Å²) < 4.78 is 0. The minimum atomic E-state index is -0.481. The predicted molar refractivity (Wildman–Crippen MR) is 501 cm³/mol. The molecule has 4 aromatic heterocycles. The number of hydrogen-bond donors (Lipinski definition) is 0. The third-order valence-corrected chi connectivity index (χ3v) is 27.4. The van der Waals surface area contributed by atoms with Crippen LogP contribution >= 0.6 is 23.5 Å². The molecule has 6 heterocycles. The lowest BCUT2D eigenvalue weighted by molar-refractivity contribution is 0.724. The SMILES string of the molecule is c1ccc(-c2cc(-c3ccc4c(c3)nc(-c3ccccc3)c3cc5c(cc34)C3(c4ccccc4S5)c4ccccc4-c4ccccc43)nc(-c3ccccc3)n2)cc1.c1ccc(-c2ccc(-c3cc(-c4ccc5c(c4)nc(-c4ccccc4)c4cc6c(cc45)C4(c5ccccc5S6)c5ccccc5-c5ccccc54)nc(-c4ccccc4)n3)cc2)cc1. The third kappa shape index (κ3) is 11.4. The van der Waals surface area contributed by atoms with E-state index in [1.165, 1.54) is 108 Å². The Hall–Kier alpha value is -15.1. The van der Waals surface area contributed by atoms with E-state index in [-0.39, 0.29) is 0 Å². The van der Waals surface area contributed by atoms with E-state index < -0.39 is 10.8 Å². The maximum atomic E-state index is 5.56. The fourth-order valence-electron chi connectivity index (χ4n) is 19.6. The number of fused-ring (bicyclic) bond motifs is 24. The number of aromatic nitrogens is 6. The van der Waals surface area contributed by atoms with Crippen LogP contribution in [-0.2, 0) is 10.8 Å². The summed E-state index contributed by atoms with van der Waals surface area (Å²) in [4.78, 5) is 36.8. The van der Waals surface area contributed by atoms with Gasteiger partial charge in [-0.15, -0.1) is 0 Å². The van der Waals surface area contributed by atoms with Crippen LogP contribution in [0.3, 0.4) is 0 Å². The molecular formula is C114H70N6S2. The van der Waals surface area contributed by atoms with Crippen LogP contribution in [0.5, 0.6) is 0 Å². The van der Waals surface area contributed by atoms with Crippen LogP contribution in [0.15, 0.2) is 444 Å². The fourth-order valence-corrected chi connectivity index (χ4v) is 22.1. The summed E-state index contributed by atoms with van der Waals surface area (Å²) in [5, 5.41) is 6.87. The van der Waals surface area contributed by atoms with E-state index in [0.717, 1.165) is 111 Å². The van der Waals surface area contributed by atoms with Crippen molar-refractivity contribution in [1.29, 1.82) is 0 Å². The van der Waals surface area contributed by atoms with Gasteiger partial charge in [-0.2, -0.15) is 0 Å². The molecule has 6 nitrogen and oxygen atoms in total. The molecule has 0 saturated heterocycles. The smallest absolute Gasteiger partial charge is 0.160 e. The molecule has 0 saturated carbocycles. The highest BCUT2D eigenvalue weighted by Crippen LogP contribution is 2.65. The topological polar surface area (TPSA) is 77.3 Å². The van der Waals surface area contributed by atoms with Crippen molar-refractivity contribution in [2.24, 2.45) is 0 Å². The fraction of sp³-hybridized carbons (Fsp3) is 0.0175. The molecule has 2 spiro atoms.